The van der Waals surface area contributed by atoms with Crippen LogP contribution in [0.2, 0.25) is 0 Å². The summed E-state index contributed by atoms with van der Waals surface area (Å²) in [5.74, 6) is -1.43. The van der Waals surface area contributed by atoms with Gasteiger partial charge in [-0.2, -0.15) is 4.39 Å². The minimum absolute atomic E-state index is 0.148. The number of hydrogen-bond acceptors (Lipinski definition) is 3. The number of nitrogens with zero attached hydrogens (tertiary/aromatic N) is 1. The Morgan fingerprint density at radius 1 is 1.27 bits per heavy atom. The van der Waals surface area contributed by atoms with Gasteiger partial charge in [0.2, 0.25) is 11.7 Å². The lowest BCUT2D eigenvalue weighted by atomic mass is 10.2. The number of benzene rings is 2. The van der Waals surface area contributed by atoms with Crippen LogP contribution in [-0.2, 0) is 4.79 Å². The molecule has 0 saturated heterocycles. The highest BCUT2D eigenvalue weighted by Gasteiger charge is 2.14. The van der Waals surface area contributed by atoms with E-state index in [0.29, 0.717) is 0 Å². The number of halogens is 2. The number of carbonyl (C=O) groups is 1. The van der Waals surface area contributed by atoms with Crippen LogP contribution in [0.1, 0.15) is 5.56 Å². The van der Waals surface area contributed by atoms with E-state index in [9.17, 15) is 19.3 Å². The Balaban J connectivity index is 2.11. The second-order valence-corrected chi connectivity index (χ2v) is 5.12. The number of amides is 1. The molecule has 0 fully saturated rings. The standard InChI is InChI=1S/C15H10BrFN2O3/c16-12-4-2-1-3-10(12)5-8-15(20)18-11-6-7-13(17)14(9-11)19(21)22/h1-9H,(H,18,20)/b8-5+. The molecule has 0 bridgehead atoms. The Morgan fingerprint density at radius 2 is 2.00 bits per heavy atom. The Hall–Kier alpha value is -2.54. The van der Waals surface area contributed by atoms with Crippen LogP contribution in [0, 0.1) is 15.9 Å². The van der Waals surface area contributed by atoms with Crippen LogP contribution in [0.5, 0.6) is 0 Å². The third-order valence-corrected chi connectivity index (χ3v) is 3.45. The van der Waals surface area contributed by atoms with E-state index in [4.69, 9.17) is 0 Å². The van der Waals surface area contributed by atoms with Crippen molar-refractivity contribution in [3.8, 4) is 0 Å². The summed E-state index contributed by atoms with van der Waals surface area (Å²) in [5, 5.41) is 13.1. The molecule has 1 amide bonds. The Morgan fingerprint density at radius 3 is 2.68 bits per heavy atom. The predicted octanol–water partition coefficient (Wildman–Crippen LogP) is 4.15. The van der Waals surface area contributed by atoms with E-state index in [-0.39, 0.29) is 5.69 Å². The number of anilines is 1. The van der Waals surface area contributed by atoms with Gasteiger partial charge in [0.1, 0.15) is 0 Å². The largest absolute Gasteiger partial charge is 0.322 e. The molecule has 7 heteroatoms. The van der Waals surface area contributed by atoms with Gasteiger partial charge in [-0.15, -0.1) is 0 Å². The maximum Gasteiger partial charge on any atom is 0.306 e. The molecule has 0 atom stereocenters. The zero-order chi connectivity index (χ0) is 16.1. The zero-order valence-corrected chi connectivity index (χ0v) is 12.7. The van der Waals surface area contributed by atoms with Crippen molar-refractivity contribution < 1.29 is 14.1 Å². The molecule has 2 aromatic carbocycles. The molecule has 0 aromatic heterocycles. The van der Waals surface area contributed by atoms with Crippen molar-refractivity contribution in [3.05, 3.63) is 74.5 Å². The Bertz CT molecular complexity index is 762. The number of rotatable bonds is 4. The summed E-state index contributed by atoms with van der Waals surface area (Å²) in [6.07, 6.45) is 2.88. The Kier molecular flexibility index (Phi) is 5.00. The van der Waals surface area contributed by atoms with Crippen LogP contribution in [-0.4, -0.2) is 10.8 Å². The summed E-state index contributed by atoms with van der Waals surface area (Å²) < 4.78 is 14.0. The molecule has 2 aromatic rings. The van der Waals surface area contributed by atoms with E-state index in [1.165, 1.54) is 12.1 Å². The fraction of sp³-hybridized carbons (Fsp3) is 0. The highest BCUT2D eigenvalue weighted by Crippen LogP contribution is 2.22. The van der Waals surface area contributed by atoms with Crippen molar-refractivity contribution in [1.29, 1.82) is 0 Å². The molecule has 0 unspecified atom stereocenters. The molecule has 5 nitrogen and oxygen atoms in total. The lowest BCUT2D eigenvalue weighted by Gasteiger charge is -2.03. The molecule has 0 spiro atoms. The second-order valence-electron chi connectivity index (χ2n) is 4.27. The third kappa shape index (κ3) is 3.98. The van der Waals surface area contributed by atoms with Gasteiger partial charge < -0.3 is 5.32 Å². The SMILES string of the molecule is O=C(/C=C/c1ccccc1Br)Nc1ccc(F)c([N+](=O)[O-])c1. The van der Waals surface area contributed by atoms with Crippen LogP contribution < -0.4 is 5.32 Å². The minimum Gasteiger partial charge on any atom is -0.322 e. The summed E-state index contributed by atoms with van der Waals surface area (Å²) in [6, 6.07) is 10.5. The number of carbonyl (C=O) groups excluding carboxylic acids is 1. The first kappa shape index (κ1) is 15.8. The van der Waals surface area contributed by atoms with Crippen LogP contribution in [0.4, 0.5) is 15.8 Å². The van der Waals surface area contributed by atoms with E-state index >= 15 is 0 Å². The van der Waals surface area contributed by atoms with E-state index < -0.39 is 22.3 Å². The fourth-order valence-corrected chi connectivity index (χ4v) is 2.11. The summed E-state index contributed by atoms with van der Waals surface area (Å²) in [5.41, 5.74) is 0.269. The van der Waals surface area contributed by atoms with E-state index in [2.05, 4.69) is 21.2 Å². The molecular weight excluding hydrogens is 355 g/mol. The van der Waals surface area contributed by atoms with Gasteiger partial charge in [-0.1, -0.05) is 34.1 Å². The molecule has 112 valence electrons. The van der Waals surface area contributed by atoms with E-state index in [0.717, 1.165) is 22.2 Å². The fourth-order valence-electron chi connectivity index (χ4n) is 1.69. The van der Waals surface area contributed by atoms with E-state index in [1.807, 2.05) is 24.3 Å². The number of nitrogens with one attached hydrogen (secondary N) is 1. The predicted molar refractivity (Wildman–Crippen MR) is 84.9 cm³/mol. The van der Waals surface area contributed by atoms with Crippen molar-refractivity contribution in [2.45, 2.75) is 0 Å². The molecule has 0 aliphatic rings. The van der Waals surface area contributed by atoms with E-state index in [1.54, 1.807) is 6.08 Å². The second kappa shape index (κ2) is 6.95. The molecule has 22 heavy (non-hydrogen) atoms. The summed E-state index contributed by atoms with van der Waals surface area (Å²) >= 11 is 3.35. The molecule has 2 rings (SSSR count). The van der Waals surface area contributed by atoms with Crippen molar-refractivity contribution >= 4 is 39.3 Å². The smallest absolute Gasteiger partial charge is 0.306 e. The monoisotopic (exact) mass is 364 g/mol. The maximum atomic E-state index is 13.2. The highest BCUT2D eigenvalue weighted by molar-refractivity contribution is 9.10. The quantitative estimate of drug-likeness (QED) is 0.503. The first-order chi connectivity index (χ1) is 10.5. The van der Waals surface area contributed by atoms with Gasteiger partial charge in [0.15, 0.2) is 0 Å². The maximum absolute atomic E-state index is 13.2. The van der Waals surface area contributed by atoms with Gasteiger partial charge >= 0.3 is 5.69 Å². The lowest BCUT2D eigenvalue weighted by molar-refractivity contribution is -0.387. The van der Waals surface area contributed by atoms with Crippen LogP contribution in [0.3, 0.4) is 0 Å². The topological polar surface area (TPSA) is 72.2 Å². The lowest BCUT2D eigenvalue weighted by Crippen LogP contribution is -2.08. The molecule has 0 heterocycles. The summed E-state index contributed by atoms with van der Waals surface area (Å²) in [4.78, 5) is 21.6. The summed E-state index contributed by atoms with van der Waals surface area (Å²) in [7, 11) is 0. The van der Waals surface area contributed by atoms with Gasteiger partial charge in [-0.3, -0.25) is 14.9 Å². The van der Waals surface area contributed by atoms with Crippen molar-refractivity contribution in [3.63, 3.8) is 0 Å². The van der Waals surface area contributed by atoms with Gasteiger partial charge in [0.25, 0.3) is 0 Å². The molecule has 0 radical (unpaired) electrons. The van der Waals surface area contributed by atoms with Crippen molar-refractivity contribution in [2.75, 3.05) is 5.32 Å². The third-order valence-electron chi connectivity index (χ3n) is 2.73. The number of nitro groups is 1. The van der Waals surface area contributed by atoms with Crippen LogP contribution >= 0.6 is 15.9 Å². The van der Waals surface area contributed by atoms with Crippen molar-refractivity contribution in [2.24, 2.45) is 0 Å². The number of hydrogen-bond donors (Lipinski definition) is 1. The average Bonchev–Trinajstić information content (AvgIpc) is 2.48. The normalized spacial score (nSPS) is 10.6. The Labute approximate surface area is 133 Å². The molecular formula is C15H10BrFN2O3. The molecule has 0 aliphatic heterocycles. The van der Waals surface area contributed by atoms with Gasteiger partial charge in [0, 0.05) is 22.3 Å². The number of nitro benzene ring substituents is 1. The van der Waals surface area contributed by atoms with Gasteiger partial charge in [-0.05, 0) is 29.8 Å². The summed E-state index contributed by atoms with van der Waals surface area (Å²) in [6.45, 7) is 0. The first-order valence-electron chi connectivity index (χ1n) is 6.15. The van der Waals surface area contributed by atoms with Crippen molar-refractivity contribution in [1.82, 2.24) is 0 Å². The molecule has 1 N–H and O–H groups in total. The van der Waals surface area contributed by atoms with Crippen LogP contribution in [0.15, 0.2) is 53.0 Å². The van der Waals surface area contributed by atoms with Crippen LogP contribution in [0.25, 0.3) is 6.08 Å². The highest BCUT2D eigenvalue weighted by atomic mass is 79.9. The first-order valence-corrected chi connectivity index (χ1v) is 6.94. The minimum atomic E-state index is -0.952. The van der Waals surface area contributed by atoms with Gasteiger partial charge in [-0.25, -0.2) is 0 Å². The molecule has 0 aliphatic carbocycles. The molecule has 0 saturated carbocycles. The average molecular weight is 365 g/mol. The van der Waals surface area contributed by atoms with Gasteiger partial charge in [0.05, 0.1) is 4.92 Å². The zero-order valence-electron chi connectivity index (χ0n) is 11.1.